The number of nitrogens with zero attached hydrogens (tertiary/aromatic N) is 2. The minimum Gasteiger partial charge on any atom is -0.497 e. The standard InChI is InChI=1S/C18H17N3O5S/c1-19-15(22)9-26-16(23)8-21-10-20-13-7-14(27-17(13)18(21)24)11-3-5-12(25-2)6-4-11/h3-7,10H,8-9H2,1-2H3,(H,19,22). The summed E-state index contributed by atoms with van der Waals surface area (Å²) in [6, 6.07) is 9.32. The van der Waals surface area contributed by atoms with Gasteiger partial charge in [-0.2, -0.15) is 0 Å². The largest absolute Gasteiger partial charge is 0.497 e. The Morgan fingerprint density at radius 3 is 2.67 bits per heavy atom. The Labute approximate surface area is 158 Å². The van der Waals surface area contributed by atoms with E-state index in [2.05, 4.69) is 10.3 Å². The number of rotatable bonds is 6. The number of thiophene rings is 1. The number of benzene rings is 1. The fourth-order valence-electron chi connectivity index (χ4n) is 2.36. The van der Waals surface area contributed by atoms with E-state index in [9.17, 15) is 14.4 Å². The summed E-state index contributed by atoms with van der Waals surface area (Å²) in [7, 11) is 3.04. The highest BCUT2D eigenvalue weighted by molar-refractivity contribution is 7.22. The molecule has 140 valence electrons. The second-order valence-corrected chi connectivity index (χ2v) is 6.62. The number of carbonyl (C=O) groups is 2. The summed E-state index contributed by atoms with van der Waals surface area (Å²) in [6.45, 7) is -0.699. The Hall–Kier alpha value is -3.20. The van der Waals surface area contributed by atoms with Crippen molar-refractivity contribution >= 4 is 33.4 Å². The molecule has 0 saturated heterocycles. The molecule has 1 N–H and O–H groups in total. The summed E-state index contributed by atoms with van der Waals surface area (Å²) >= 11 is 1.30. The van der Waals surface area contributed by atoms with Crippen LogP contribution in [0.5, 0.6) is 5.75 Å². The van der Waals surface area contributed by atoms with Crippen LogP contribution < -0.4 is 15.6 Å². The van der Waals surface area contributed by atoms with E-state index in [1.165, 1.54) is 29.3 Å². The van der Waals surface area contributed by atoms with Gasteiger partial charge in [-0.15, -0.1) is 11.3 Å². The van der Waals surface area contributed by atoms with Crippen molar-refractivity contribution < 1.29 is 19.1 Å². The molecule has 3 aromatic rings. The first-order valence-corrected chi connectivity index (χ1v) is 8.83. The summed E-state index contributed by atoms with van der Waals surface area (Å²) in [5.41, 5.74) is 1.17. The molecule has 2 heterocycles. The van der Waals surface area contributed by atoms with Crippen LogP contribution >= 0.6 is 11.3 Å². The van der Waals surface area contributed by atoms with E-state index in [4.69, 9.17) is 9.47 Å². The molecule has 9 heteroatoms. The monoisotopic (exact) mass is 387 g/mol. The number of aromatic nitrogens is 2. The van der Waals surface area contributed by atoms with Gasteiger partial charge in [-0.25, -0.2) is 4.98 Å². The molecule has 0 bridgehead atoms. The van der Waals surface area contributed by atoms with E-state index in [-0.39, 0.29) is 18.7 Å². The van der Waals surface area contributed by atoms with Gasteiger partial charge >= 0.3 is 5.97 Å². The highest BCUT2D eigenvalue weighted by Gasteiger charge is 2.14. The van der Waals surface area contributed by atoms with Crippen molar-refractivity contribution in [3.8, 4) is 16.2 Å². The minimum absolute atomic E-state index is 0.311. The molecule has 1 aromatic carbocycles. The smallest absolute Gasteiger partial charge is 0.326 e. The summed E-state index contributed by atoms with van der Waals surface area (Å²) < 4.78 is 11.6. The quantitative estimate of drug-likeness (QED) is 0.642. The van der Waals surface area contributed by atoms with Gasteiger partial charge in [-0.1, -0.05) is 0 Å². The Morgan fingerprint density at radius 1 is 1.26 bits per heavy atom. The average Bonchev–Trinajstić information content (AvgIpc) is 3.13. The SMILES string of the molecule is CNC(=O)COC(=O)Cn1cnc2cc(-c3ccc(OC)cc3)sc2c1=O. The van der Waals surface area contributed by atoms with E-state index in [1.807, 2.05) is 30.3 Å². The van der Waals surface area contributed by atoms with Gasteiger partial charge in [0, 0.05) is 11.9 Å². The molecule has 2 aromatic heterocycles. The summed E-state index contributed by atoms with van der Waals surface area (Å²) in [4.78, 5) is 40.7. The predicted octanol–water partition coefficient (Wildman–Crippen LogP) is 1.42. The van der Waals surface area contributed by atoms with Crippen LogP contribution in [0.2, 0.25) is 0 Å². The highest BCUT2D eigenvalue weighted by Crippen LogP contribution is 2.31. The number of hydrogen-bond acceptors (Lipinski definition) is 7. The van der Waals surface area contributed by atoms with Gasteiger partial charge in [0.2, 0.25) is 0 Å². The van der Waals surface area contributed by atoms with Crippen LogP contribution in [-0.4, -0.2) is 42.2 Å². The molecule has 0 radical (unpaired) electrons. The molecule has 0 aliphatic heterocycles. The van der Waals surface area contributed by atoms with Crippen LogP contribution in [0.15, 0.2) is 41.5 Å². The average molecular weight is 387 g/mol. The van der Waals surface area contributed by atoms with Crippen molar-refractivity contribution in [2.45, 2.75) is 6.54 Å². The summed E-state index contributed by atoms with van der Waals surface area (Å²) in [5.74, 6) is -0.365. The van der Waals surface area contributed by atoms with Crippen LogP contribution in [-0.2, 0) is 20.9 Å². The van der Waals surface area contributed by atoms with Gasteiger partial charge in [0.25, 0.3) is 11.5 Å². The van der Waals surface area contributed by atoms with Gasteiger partial charge in [-0.3, -0.25) is 19.0 Å². The van der Waals surface area contributed by atoms with Crippen LogP contribution in [0.25, 0.3) is 20.7 Å². The lowest BCUT2D eigenvalue weighted by Crippen LogP contribution is -2.29. The molecule has 0 fully saturated rings. The third-order valence-electron chi connectivity index (χ3n) is 3.82. The minimum atomic E-state index is -0.686. The Bertz CT molecular complexity index is 1040. The van der Waals surface area contributed by atoms with Crippen molar-refractivity contribution in [1.29, 1.82) is 0 Å². The van der Waals surface area contributed by atoms with E-state index in [1.54, 1.807) is 7.11 Å². The lowest BCUT2D eigenvalue weighted by Gasteiger charge is -2.05. The third-order valence-corrected chi connectivity index (χ3v) is 4.98. The normalized spacial score (nSPS) is 10.6. The zero-order valence-corrected chi connectivity index (χ0v) is 15.5. The fraction of sp³-hybridized carbons (Fsp3) is 0.222. The van der Waals surface area contributed by atoms with Gasteiger partial charge in [-0.05, 0) is 35.9 Å². The first-order valence-electron chi connectivity index (χ1n) is 8.01. The first kappa shape index (κ1) is 18.6. The number of methoxy groups -OCH3 is 1. The van der Waals surface area contributed by atoms with Crippen LogP contribution in [0.3, 0.4) is 0 Å². The second-order valence-electron chi connectivity index (χ2n) is 5.56. The van der Waals surface area contributed by atoms with Crippen LogP contribution in [0.4, 0.5) is 0 Å². The molecule has 3 rings (SSSR count). The number of esters is 1. The molecule has 0 aliphatic rings. The number of fused-ring (bicyclic) bond motifs is 1. The van der Waals surface area contributed by atoms with Crippen LogP contribution in [0, 0.1) is 0 Å². The molecule has 0 aliphatic carbocycles. The lowest BCUT2D eigenvalue weighted by atomic mass is 10.2. The number of likely N-dealkylation sites (N-methyl/N-ethyl adjacent to an activating group) is 1. The number of nitrogens with one attached hydrogen (secondary N) is 1. The Kier molecular flexibility index (Phi) is 5.51. The van der Waals surface area contributed by atoms with Crippen molar-refractivity contribution in [3.63, 3.8) is 0 Å². The molecule has 27 heavy (non-hydrogen) atoms. The third kappa shape index (κ3) is 4.14. The van der Waals surface area contributed by atoms with Crippen molar-refractivity contribution in [2.24, 2.45) is 0 Å². The Balaban J connectivity index is 1.83. The van der Waals surface area contributed by atoms with Gasteiger partial charge in [0.05, 0.1) is 19.0 Å². The molecule has 0 atom stereocenters. The topological polar surface area (TPSA) is 99.5 Å². The molecule has 0 spiro atoms. The van der Waals surface area contributed by atoms with E-state index < -0.39 is 11.9 Å². The fourth-order valence-corrected chi connectivity index (χ4v) is 3.42. The molecule has 0 unspecified atom stereocenters. The maximum atomic E-state index is 12.6. The number of hydrogen-bond donors (Lipinski definition) is 1. The Morgan fingerprint density at radius 2 is 2.00 bits per heavy atom. The number of amides is 1. The molecular weight excluding hydrogens is 370 g/mol. The number of ether oxygens (including phenoxy) is 2. The van der Waals surface area contributed by atoms with E-state index in [0.29, 0.717) is 10.2 Å². The van der Waals surface area contributed by atoms with Gasteiger partial charge in [0.1, 0.15) is 17.0 Å². The highest BCUT2D eigenvalue weighted by atomic mass is 32.1. The van der Waals surface area contributed by atoms with Gasteiger partial charge < -0.3 is 14.8 Å². The zero-order valence-electron chi connectivity index (χ0n) is 14.7. The first-order chi connectivity index (χ1) is 13.0. The lowest BCUT2D eigenvalue weighted by molar-refractivity contribution is -0.149. The zero-order chi connectivity index (χ0) is 19.4. The van der Waals surface area contributed by atoms with E-state index in [0.717, 1.165) is 16.2 Å². The van der Waals surface area contributed by atoms with E-state index >= 15 is 0 Å². The van der Waals surface area contributed by atoms with Crippen LogP contribution in [0.1, 0.15) is 0 Å². The molecular formula is C18H17N3O5S. The second kappa shape index (κ2) is 8.00. The van der Waals surface area contributed by atoms with Gasteiger partial charge in [0.15, 0.2) is 6.61 Å². The maximum absolute atomic E-state index is 12.6. The molecule has 0 saturated carbocycles. The summed E-state index contributed by atoms with van der Waals surface area (Å²) in [5, 5.41) is 2.34. The predicted molar refractivity (Wildman–Crippen MR) is 101 cm³/mol. The summed E-state index contributed by atoms with van der Waals surface area (Å²) in [6.07, 6.45) is 1.30. The van der Waals surface area contributed by atoms with Crippen molar-refractivity contribution in [3.05, 3.63) is 47.0 Å². The number of carbonyl (C=O) groups excluding carboxylic acids is 2. The molecule has 1 amide bonds. The van der Waals surface area contributed by atoms with Crippen molar-refractivity contribution in [2.75, 3.05) is 20.8 Å². The van der Waals surface area contributed by atoms with Crippen molar-refractivity contribution in [1.82, 2.24) is 14.9 Å². The maximum Gasteiger partial charge on any atom is 0.326 e. The molecule has 8 nitrogen and oxygen atoms in total.